The van der Waals surface area contributed by atoms with E-state index in [-0.39, 0.29) is 17.7 Å². The SMILES string of the molecule is Cc1cccc(CN(CC(=O)O)c2ccc3c(c2)Cc2cccc(-c4cc(N5CCOCC5)cc(=O)[nH]4)c2O3)n1.Cc1cccc(CNc2ccc3c(c2)Cc2cccc(-c4cc(N5CCOCC5)cc(=O)[nH]4)c2O3)n1. The quantitative estimate of drug-likeness (QED) is 0.0907. The number of nitrogens with zero attached hydrogens (tertiary/aromatic N) is 5. The van der Waals surface area contributed by atoms with E-state index in [9.17, 15) is 19.5 Å². The number of morpholine rings is 2. The van der Waals surface area contributed by atoms with Crippen molar-refractivity contribution in [2.75, 3.05) is 79.2 Å². The molecule has 0 saturated carbocycles. The summed E-state index contributed by atoms with van der Waals surface area (Å²) in [7, 11) is 0. The minimum absolute atomic E-state index is 0.123. The van der Waals surface area contributed by atoms with Gasteiger partial charge < -0.3 is 54.0 Å². The normalized spacial score (nSPS) is 14.3. The lowest BCUT2D eigenvalue weighted by atomic mass is 9.96. The molecular weight excluding hydrogens is 961 g/mol. The zero-order valence-electron chi connectivity index (χ0n) is 42.4. The number of aromatic nitrogens is 4. The predicted molar refractivity (Wildman–Crippen MR) is 294 cm³/mol. The minimum atomic E-state index is -0.912. The second kappa shape index (κ2) is 22.0. The van der Waals surface area contributed by atoms with Crippen molar-refractivity contribution in [2.24, 2.45) is 0 Å². The highest BCUT2D eigenvalue weighted by Gasteiger charge is 2.26. The van der Waals surface area contributed by atoms with Gasteiger partial charge in [-0.1, -0.05) is 36.4 Å². The molecular formula is C60H58N8O8. The first-order valence-corrected chi connectivity index (χ1v) is 25.6. The molecule has 0 bridgehead atoms. The first-order valence-electron chi connectivity index (χ1n) is 25.6. The summed E-state index contributed by atoms with van der Waals surface area (Å²) < 4.78 is 23.8. The predicted octanol–water partition coefficient (Wildman–Crippen LogP) is 9.26. The van der Waals surface area contributed by atoms with Crippen LogP contribution in [0.25, 0.3) is 22.5 Å². The van der Waals surface area contributed by atoms with E-state index in [1.807, 2.05) is 123 Å². The van der Waals surface area contributed by atoms with Gasteiger partial charge in [0, 0.05) is 108 Å². The molecule has 0 spiro atoms. The van der Waals surface area contributed by atoms with Gasteiger partial charge >= 0.3 is 5.97 Å². The molecule has 12 rings (SSSR count). The summed E-state index contributed by atoms with van der Waals surface area (Å²) in [5.41, 5.74) is 14.3. The van der Waals surface area contributed by atoms with Gasteiger partial charge in [0.25, 0.3) is 0 Å². The Morgan fingerprint density at radius 2 is 1.12 bits per heavy atom. The standard InChI is InChI=1S/C31H30N4O5.C29H28N4O3/c1-20-4-2-6-23(32-20)18-35(19-30(37)38)24-8-9-28-22(15-24)14-21-5-3-7-26(31(21)40-28)27-16-25(17-29(36)33-27)34-10-12-39-13-11-34;1-19-4-2-6-23(31-19)18-30-22-8-9-27-21(15-22)14-20-5-3-7-25(29(20)36-27)26-16-24(17-28(34)32-26)33-10-12-35-13-11-33/h2-9,15-17H,10-14,18-19H2,1H3,(H,33,36)(H,37,38);2-9,15-17,30H,10-14,18H2,1H3,(H,32,34). The number of fused-ring (bicyclic) bond motifs is 4. The molecule has 4 aliphatic heterocycles. The van der Waals surface area contributed by atoms with Crippen molar-refractivity contribution in [2.45, 2.75) is 39.8 Å². The Kier molecular flexibility index (Phi) is 14.3. The summed E-state index contributed by atoms with van der Waals surface area (Å²) >= 11 is 0. The Bertz CT molecular complexity index is 3570. The van der Waals surface area contributed by atoms with Gasteiger partial charge in [0.15, 0.2) is 0 Å². The van der Waals surface area contributed by atoms with Crippen molar-refractivity contribution in [3.8, 4) is 45.5 Å². The van der Waals surface area contributed by atoms with E-state index in [4.69, 9.17) is 18.9 Å². The second-order valence-corrected chi connectivity index (χ2v) is 19.3. The summed E-state index contributed by atoms with van der Waals surface area (Å²) in [4.78, 5) is 58.1. The lowest BCUT2D eigenvalue weighted by molar-refractivity contribution is -0.135. The van der Waals surface area contributed by atoms with Crippen LogP contribution in [-0.4, -0.2) is 90.2 Å². The molecule has 4 aliphatic rings. The van der Waals surface area contributed by atoms with Crippen LogP contribution in [0.3, 0.4) is 0 Å². The highest BCUT2D eigenvalue weighted by Crippen LogP contribution is 2.45. The van der Waals surface area contributed by atoms with Crippen LogP contribution in [0.15, 0.2) is 143 Å². The highest BCUT2D eigenvalue weighted by atomic mass is 16.5. The molecule has 0 unspecified atom stereocenters. The van der Waals surface area contributed by atoms with Crippen molar-refractivity contribution >= 4 is 28.7 Å². The van der Waals surface area contributed by atoms with Crippen LogP contribution in [0.2, 0.25) is 0 Å². The van der Waals surface area contributed by atoms with E-state index in [0.29, 0.717) is 63.1 Å². The fourth-order valence-electron chi connectivity index (χ4n) is 10.2. The van der Waals surface area contributed by atoms with Crippen LogP contribution >= 0.6 is 0 Å². The molecule has 0 amide bonds. The molecule has 76 heavy (non-hydrogen) atoms. The fourth-order valence-corrected chi connectivity index (χ4v) is 10.2. The Morgan fingerprint density at radius 1 is 0.605 bits per heavy atom. The lowest BCUT2D eigenvalue weighted by Crippen LogP contribution is -2.36. The number of aromatic amines is 2. The van der Waals surface area contributed by atoms with E-state index in [1.165, 1.54) is 0 Å². The number of H-pyrrole nitrogens is 2. The summed E-state index contributed by atoms with van der Waals surface area (Å²) in [6, 6.07) is 43.1. The van der Waals surface area contributed by atoms with Gasteiger partial charge in [-0.25, -0.2) is 0 Å². The van der Waals surface area contributed by atoms with Gasteiger partial charge in [0.2, 0.25) is 11.1 Å². The summed E-state index contributed by atoms with van der Waals surface area (Å²) in [6.45, 7) is 10.4. The first kappa shape index (κ1) is 49.5. The van der Waals surface area contributed by atoms with Gasteiger partial charge in [0.1, 0.15) is 29.5 Å². The van der Waals surface area contributed by atoms with Gasteiger partial charge in [-0.05, 0) is 110 Å². The third-order valence-corrected chi connectivity index (χ3v) is 13.9. The van der Waals surface area contributed by atoms with Crippen molar-refractivity contribution < 1.29 is 28.8 Å². The molecule has 4 aromatic heterocycles. The number of carbonyl (C=O) groups is 1. The number of nitrogens with one attached hydrogen (secondary N) is 3. The number of carboxylic acids is 1. The van der Waals surface area contributed by atoms with Crippen LogP contribution in [0.4, 0.5) is 22.7 Å². The molecule has 4 N–H and O–H groups in total. The number of aryl methyl sites for hydroxylation is 2. The molecule has 0 aliphatic carbocycles. The zero-order chi connectivity index (χ0) is 52.1. The number of ether oxygens (including phenoxy) is 4. The van der Waals surface area contributed by atoms with E-state index in [1.54, 1.807) is 17.0 Å². The average molecular weight is 1020 g/mol. The van der Waals surface area contributed by atoms with E-state index in [2.05, 4.69) is 47.2 Å². The number of rotatable bonds is 12. The molecule has 2 saturated heterocycles. The van der Waals surface area contributed by atoms with Gasteiger partial charge in [-0.2, -0.15) is 0 Å². The zero-order valence-corrected chi connectivity index (χ0v) is 42.4. The number of aliphatic carboxylic acids is 1. The van der Waals surface area contributed by atoms with Crippen LogP contribution in [0.5, 0.6) is 23.0 Å². The number of hydrogen-bond acceptors (Lipinski definition) is 13. The maximum absolute atomic E-state index is 12.6. The Hall–Kier alpha value is -8.73. The minimum Gasteiger partial charge on any atom is -0.480 e. The molecule has 4 aromatic carbocycles. The summed E-state index contributed by atoms with van der Waals surface area (Å²) in [6.07, 6.45) is 1.37. The number of para-hydroxylation sites is 2. The topological polar surface area (TPSA) is 187 Å². The highest BCUT2D eigenvalue weighted by molar-refractivity contribution is 5.77. The molecule has 16 heteroatoms. The van der Waals surface area contributed by atoms with Crippen molar-refractivity contribution in [3.05, 3.63) is 199 Å². The third kappa shape index (κ3) is 11.3. The number of anilines is 4. The van der Waals surface area contributed by atoms with E-state index >= 15 is 0 Å². The van der Waals surface area contributed by atoms with Crippen LogP contribution in [0.1, 0.15) is 45.0 Å². The maximum atomic E-state index is 12.6. The van der Waals surface area contributed by atoms with Crippen molar-refractivity contribution in [3.63, 3.8) is 0 Å². The van der Waals surface area contributed by atoms with Crippen LogP contribution in [-0.2, 0) is 40.2 Å². The van der Waals surface area contributed by atoms with Crippen LogP contribution < -0.4 is 40.6 Å². The molecule has 16 nitrogen and oxygen atoms in total. The molecule has 0 atom stereocenters. The number of pyridine rings is 4. The Labute approximate surface area is 439 Å². The van der Waals surface area contributed by atoms with Gasteiger partial charge in [0.05, 0.1) is 62.3 Å². The number of carboxylic acid groups (broad SMARTS) is 1. The molecule has 2 fully saturated rings. The molecule has 0 radical (unpaired) electrons. The summed E-state index contributed by atoms with van der Waals surface area (Å²) in [5.74, 6) is 2.14. The van der Waals surface area contributed by atoms with Gasteiger partial charge in [-0.15, -0.1) is 0 Å². The summed E-state index contributed by atoms with van der Waals surface area (Å²) in [5, 5.41) is 13.1. The van der Waals surface area contributed by atoms with Crippen molar-refractivity contribution in [1.82, 2.24) is 19.9 Å². The molecule has 8 aromatic rings. The van der Waals surface area contributed by atoms with Gasteiger partial charge in [-0.3, -0.25) is 24.4 Å². The largest absolute Gasteiger partial charge is 0.480 e. The van der Waals surface area contributed by atoms with Crippen LogP contribution in [0, 0.1) is 13.8 Å². The first-order chi connectivity index (χ1) is 37.0. The number of hydrogen-bond donors (Lipinski definition) is 4. The average Bonchev–Trinajstić information content (AvgIpc) is 3.48. The Morgan fingerprint density at radius 3 is 1.67 bits per heavy atom. The maximum Gasteiger partial charge on any atom is 0.323 e. The third-order valence-electron chi connectivity index (χ3n) is 13.9. The smallest absolute Gasteiger partial charge is 0.323 e. The molecule has 8 heterocycles. The Balaban J connectivity index is 0.000000163. The lowest BCUT2D eigenvalue weighted by Gasteiger charge is -2.29. The van der Waals surface area contributed by atoms with Crippen molar-refractivity contribution in [1.29, 1.82) is 0 Å². The second-order valence-electron chi connectivity index (χ2n) is 19.3. The molecule has 386 valence electrons. The monoisotopic (exact) mass is 1020 g/mol. The fraction of sp³-hybridized carbons (Fsp3) is 0.250. The van der Waals surface area contributed by atoms with E-state index < -0.39 is 5.97 Å². The van der Waals surface area contributed by atoms with E-state index in [0.717, 1.165) is 129 Å². The number of benzene rings is 4.